The number of aliphatic imine (C=N–C) groups is 1. The van der Waals surface area contributed by atoms with E-state index >= 15 is 0 Å². The van der Waals surface area contributed by atoms with E-state index < -0.39 is 30.0 Å². The molecule has 1 N–H and O–H groups in total. The van der Waals surface area contributed by atoms with E-state index in [9.17, 15) is 9.59 Å². The van der Waals surface area contributed by atoms with E-state index in [0.717, 1.165) is 11.3 Å². The Morgan fingerprint density at radius 3 is 2.53 bits per heavy atom. The summed E-state index contributed by atoms with van der Waals surface area (Å²) in [6, 6.07) is 7.39. The minimum atomic E-state index is -0.617. The number of fused-ring (bicyclic) bond motifs is 1. The van der Waals surface area contributed by atoms with Gasteiger partial charge in [0.25, 0.3) is 0 Å². The standard InChI is InChI=1S/C25H37N3O7S/c1-8-26-23(29)33-14-18-20(32-13-16-9-11-17(31-7)12-10-16)15(2)19-21(34-18)36-22(27-19)28(6)24(30)35-25(3,4)5/h9-12,15,18-21H,8,13-14H2,1-7H3,(H,26,29)/t15-,18-,19-,20+,21-/m1/s1. The third-order valence-corrected chi connectivity index (χ3v) is 6.96. The zero-order chi connectivity index (χ0) is 26.5. The van der Waals surface area contributed by atoms with Crippen molar-refractivity contribution >= 4 is 29.1 Å². The van der Waals surface area contributed by atoms with Gasteiger partial charge in [0.05, 0.1) is 25.9 Å². The SMILES string of the molecule is CCNC(=O)OC[C@H]1O[C@@H]2SC(N(C)C(=O)OC(C)(C)C)=N[C@@H]2[C@@H](C)[C@@H]1OCc1ccc(OC)cc1. The third kappa shape index (κ3) is 7.27. The van der Waals surface area contributed by atoms with E-state index in [4.69, 9.17) is 28.7 Å². The molecule has 11 heteroatoms. The molecule has 0 saturated carbocycles. The number of carbonyl (C=O) groups is 2. The highest BCUT2D eigenvalue weighted by Gasteiger charge is 2.49. The number of amidine groups is 1. The van der Waals surface area contributed by atoms with Crippen LogP contribution in [0.15, 0.2) is 29.3 Å². The van der Waals surface area contributed by atoms with Crippen LogP contribution in [0, 0.1) is 5.92 Å². The molecule has 0 spiro atoms. The first-order valence-corrected chi connectivity index (χ1v) is 12.9. The quantitative estimate of drug-likeness (QED) is 0.571. The minimum Gasteiger partial charge on any atom is -0.497 e. The Morgan fingerprint density at radius 2 is 1.92 bits per heavy atom. The summed E-state index contributed by atoms with van der Waals surface area (Å²) in [5.41, 5.74) is 0.0138. The van der Waals surface area contributed by atoms with Crippen molar-refractivity contribution in [3.05, 3.63) is 29.8 Å². The molecular weight excluding hydrogens is 486 g/mol. The van der Waals surface area contributed by atoms with Crippen molar-refractivity contribution in [3.8, 4) is 5.75 Å². The molecule has 200 valence electrons. The zero-order valence-corrected chi connectivity index (χ0v) is 22.8. The second-order valence-corrected chi connectivity index (χ2v) is 10.8. The van der Waals surface area contributed by atoms with Crippen molar-refractivity contribution < 1.29 is 33.3 Å². The van der Waals surface area contributed by atoms with Gasteiger partial charge in [-0.05, 0) is 45.4 Å². The number of benzene rings is 1. The maximum Gasteiger partial charge on any atom is 0.416 e. The van der Waals surface area contributed by atoms with Crippen LogP contribution in [0.2, 0.25) is 0 Å². The molecular formula is C25H37N3O7S. The van der Waals surface area contributed by atoms with Crippen molar-refractivity contribution in [3.63, 3.8) is 0 Å². The molecule has 2 aliphatic heterocycles. The minimum absolute atomic E-state index is 0.0322. The lowest BCUT2D eigenvalue weighted by Crippen LogP contribution is -2.53. The van der Waals surface area contributed by atoms with E-state index in [0.29, 0.717) is 18.3 Å². The highest BCUT2D eigenvalue weighted by molar-refractivity contribution is 8.14. The van der Waals surface area contributed by atoms with Crippen molar-refractivity contribution in [1.82, 2.24) is 10.2 Å². The fourth-order valence-electron chi connectivity index (χ4n) is 3.88. The molecule has 10 nitrogen and oxygen atoms in total. The van der Waals surface area contributed by atoms with Gasteiger partial charge in [-0.25, -0.2) is 9.59 Å². The number of ether oxygens (including phenoxy) is 5. The fraction of sp³-hybridized carbons (Fsp3) is 0.640. The second kappa shape index (κ2) is 12.2. The topological polar surface area (TPSA) is 108 Å². The van der Waals surface area contributed by atoms with Crippen LogP contribution < -0.4 is 10.1 Å². The molecule has 0 bridgehead atoms. The van der Waals surface area contributed by atoms with Crippen LogP contribution in [0.4, 0.5) is 9.59 Å². The normalized spacial score (nSPS) is 25.4. The molecule has 2 aliphatic rings. The molecule has 1 aromatic carbocycles. The van der Waals surface area contributed by atoms with Crippen molar-refractivity contribution in [2.75, 3.05) is 27.3 Å². The van der Waals surface area contributed by atoms with Gasteiger partial charge < -0.3 is 29.0 Å². The number of carbonyl (C=O) groups excluding carboxylic acids is 2. The highest BCUT2D eigenvalue weighted by Crippen LogP contribution is 2.41. The molecule has 1 fully saturated rings. The van der Waals surface area contributed by atoms with Gasteiger partial charge in [-0.2, -0.15) is 0 Å². The van der Waals surface area contributed by atoms with E-state index in [1.165, 1.54) is 16.7 Å². The summed E-state index contributed by atoms with van der Waals surface area (Å²) in [5, 5.41) is 3.14. The lowest BCUT2D eigenvalue weighted by Gasteiger charge is -2.41. The number of thioether (sulfide) groups is 1. The molecule has 0 radical (unpaired) electrons. The first-order valence-electron chi connectivity index (χ1n) is 12.0. The summed E-state index contributed by atoms with van der Waals surface area (Å²) >= 11 is 1.36. The van der Waals surface area contributed by atoms with Crippen molar-refractivity contribution in [1.29, 1.82) is 0 Å². The smallest absolute Gasteiger partial charge is 0.416 e. The Bertz CT molecular complexity index is 935. The number of rotatable bonds is 7. The largest absolute Gasteiger partial charge is 0.497 e. The van der Waals surface area contributed by atoms with E-state index in [1.54, 1.807) is 14.2 Å². The number of methoxy groups -OCH3 is 1. The van der Waals surface area contributed by atoms with Gasteiger partial charge in [-0.15, -0.1) is 0 Å². The Kier molecular flexibility index (Phi) is 9.48. The predicted octanol–water partition coefficient (Wildman–Crippen LogP) is 4.03. The van der Waals surface area contributed by atoms with Crippen molar-refractivity contribution in [2.45, 2.75) is 70.5 Å². The van der Waals surface area contributed by atoms with Crippen LogP contribution in [0.1, 0.15) is 40.2 Å². The zero-order valence-electron chi connectivity index (χ0n) is 22.0. The van der Waals surface area contributed by atoms with E-state index in [1.807, 2.05) is 58.9 Å². The van der Waals surface area contributed by atoms with Gasteiger partial charge in [0.1, 0.15) is 29.5 Å². The van der Waals surface area contributed by atoms with Crippen LogP contribution in [0.25, 0.3) is 0 Å². The van der Waals surface area contributed by atoms with E-state index in [2.05, 4.69) is 5.32 Å². The number of alkyl carbamates (subject to hydrolysis) is 1. The van der Waals surface area contributed by atoms with Gasteiger partial charge in [0.15, 0.2) is 5.17 Å². The molecule has 5 atom stereocenters. The maximum atomic E-state index is 12.6. The average Bonchev–Trinajstić information content (AvgIpc) is 3.25. The van der Waals surface area contributed by atoms with Gasteiger partial charge in [0.2, 0.25) is 0 Å². The van der Waals surface area contributed by atoms with Gasteiger partial charge >= 0.3 is 12.2 Å². The first kappa shape index (κ1) is 28.1. The molecule has 2 heterocycles. The van der Waals surface area contributed by atoms with Gasteiger partial charge in [-0.3, -0.25) is 9.89 Å². The Labute approximate surface area is 217 Å². The van der Waals surface area contributed by atoms with Gasteiger partial charge in [0, 0.05) is 19.5 Å². The van der Waals surface area contributed by atoms with Crippen molar-refractivity contribution in [2.24, 2.45) is 10.9 Å². The lowest BCUT2D eigenvalue weighted by atomic mass is 9.90. The number of amides is 2. The molecule has 0 aromatic heterocycles. The van der Waals surface area contributed by atoms with E-state index in [-0.39, 0.29) is 24.0 Å². The van der Waals surface area contributed by atoms with Crippen LogP contribution in [-0.2, 0) is 25.6 Å². The predicted molar refractivity (Wildman–Crippen MR) is 137 cm³/mol. The Hall–Kier alpha value is -2.50. The Morgan fingerprint density at radius 1 is 1.22 bits per heavy atom. The molecule has 1 aromatic rings. The van der Waals surface area contributed by atoms with Crippen LogP contribution in [0.3, 0.4) is 0 Å². The number of hydrogen-bond donors (Lipinski definition) is 1. The number of nitrogens with zero attached hydrogens (tertiary/aromatic N) is 2. The van der Waals surface area contributed by atoms with Crippen LogP contribution in [0.5, 0.6) is 5.75 Å². The molecule has 2 amide bonds. The second-order valence-electron chi connectivity index (χ2n) is 9.71. The Balaban J connectivity index is 1.73. The molecule has 0 aliphatic carbocycles. The summed E-state index contributed by atoms with van der Waals surface area (Å²) in [4.78, 5) is 30.7. The molecule has 36 heavy (non-hydrogen) atoms. The van der Waals surface area contributed by atoms with Crippen LogP contribution >= 0.6 is 11.8 Å². The summed E-state index contributed by atoms with van der Waals surface area (Å²) < 4.78 is 28.7. The lowest BCUT2D eigenvalue weighted by molar-refractivity contribution is -0.163. The molecule has 0 unspecified atom stereocenters. The van der Waals surface area contributed by atoms with Gasteiger partial charge in [-0.1, -0.05) is 30.8 Å². The third-order valence-electron chi connectivity index (χ3n) is 5.75. The number of nitrogens with one attached hydrogen (secondary N) is 1. The fourth-order valence-corrected chi connectivity index (χ4v) is 5.15. The maximum absolute atomic E-state index is 12.6. The molecule has 1 saturated heterocycles. The molecule has 3 rings (SSSR count). The highest BCUT2D eigenvalue weighted by atomic mass is 32.2. The first-order chi connectivity index (χ1) is 17.0. The average molecular weight is 524 g/mol. The summed E-state index contributed by atoms with van der Waals surface area (Å²) in [6.07, 6.45) is -1.89. The summed E-state index contributed by atoms with van der Waals surface area (Å²) in [7, 11) is 3.26. The monoisotopic (exact) mass is 523 g/mol. The van der Waals surface area contributed by atoms with Crippen LogP contribution in [-0.4, -0.2) is 78.8 Å². The number of hydrogen-bond acceptors (Lipinski definition) is 9. The summed E-state index contributed by atoms with van der Waals surface area (Å²) in [5.74, 6) is 0.699. The summed E-state index contributed by atoms with van der Waals surface area (Å²) in [6.45, 7) is 10.2.